The maximum atomic E-state index is 6.18. The van der Waals surface area contributed by atoms with Crippen LogP contribution in [-0.2, 0) is 4.74 Å². The van der Waals surface area contributed by atoms with Gasteiger partial charge in [-0.15, -0.1) is 0 Å². The summed E-state index contributed by atoms with van der Waals surface area (Å²) in [6.07, 6.45) is 1.46. The summed E-state index contributed by atoms with van der Waals surface area (Å²) < 4.78 is 11.2. The summed E-state index contributed by atoms with van der Waals surface area (Å²) in [4.78, 5) is 10.7. The average molecular weight is 357 g/mol. The Morgan fingerprint density at radius 1 is 1.19 bits per heavy atom. The van der Waals surface area contributed by atoms with Crippen LogP contribution in [0.1, 0.15) is 25.3 Å². The number of nitrogens with zero attached hydrogens (tertiary/aromatic N) is 3. The minimum atomic E-state index is 0.367. The quantitative estimate of drug-likeness (QED) is 0.788. The minimum absolute atomic E-state index is 0.367. The van der Waals surface area contributed by atoms with Crippen LogP contribution in [0.2, 0.25) is 0 Å². The highest BCUT2D eigenvalue weighted by atomic mass is 16.5. The van der Waals surface area contributed by atoms with Gasteiger partial charge in [-0.25, -0.2) is 4.98 Å². The molecule has 0 atom stereocenters. The molecular weight excluding hydrogens is 330 g/mol. The number of benzene rings is 1. The Bertz CT molecular complexity index is 700. The Kier molecular flexibility index (Phi) is 6.25. The lowest BCUT2D eigenvalue weighted by Gasteiger charge is -2.26. The molecular formula is C19H27N5O2. The lowest BCUT2D eigenvalue weighted by atomic mass is 10.0. The van der Waals surface area contributed by atoms with Crippen LogP contribution in [0.3, 0.4) is 0 Å². The second kappa shape index (κ2) is 8.82. The SMILES string of the molecule is CC(C)c1ccc(Oc2ncnc(NCCN3CCOCC3)c2N)cc1. The number of hydrogen-bond donors (Lipinski definition) is 2. The van der Waals surface area contributed by atoms with Crippen LogP contribution in [0.5, 0.6) is 11.6 Å². The summed E-state index contributed by atoms with van der Waals surface area (Å²) in [5.74, 6) is 2.16. The lowest BCUT2D eigenvalue weighted by molar-refractivity contribution is 0.0398. The lowest BCUT2D eigenvalue weighted by Crippen LogP contribution is -2.39. The van der Waals surface area contributed by atoms with Gasteiger partial charge in [0.1, 0.15) is 17.8 Å². The van der Waals surface area contributed by atoms with E-state index >= 15 is 0 Å². The molecule has 0 spiro atoms. The monoisotopic (exact) mass is 357 g/mol. The summed E-state index contributed by atoms with van der Waals surface area (Å²) in [7, 11) is 0. The smallest absolute Gasteiger partial charge is 0.248 e. The topological polar surface area (TPSA) is 85.5 Å². The van der Waals surface area contributed by atoms with Gasteiger partial charge in [0.2, 0.25) is 5.88 Å². The van der Waals surface area contributed by atoms with Gasteiger partial charge in [-0.2, -0.15) is 4.98 Å². The number of nitrogens with one attached hydrogen (secondary N) is 1. The number of nitrogens with two attached hydrogens (primary N) is 1. The van der Waals surface area contributed by atoms with Crippen molar-refractivity contribution < 1.29 is 9.47 Å². The maximum Gasteiger partial charge on any atom is 0.248 e. The van der Waals surface area contributed by atoms with Gasteiger partial charge in [0, 0.05) is 26.2 Å². The van der Waals surface area contributed by atoms with Gasteiger partial charge in [0.15, 0.2) is 5.82 Å². The van der Waals surface area contributed by atoms with Crippen LogP contribution in [0.4, 0.5) is 11.5 Å². The molecule has 7 heteroatoms. The van der Waals surface area contributed by atoms with E-state index in [0.29, 0.717) is 29.1 Å². The molecule has 1 aromatic carbocycles. The highest BCUT2D eigenvalue weighted by Crippen LogP contribution is 2.29. The molecule has 0 aliphatic carbocycles. The zero-order valence-corrected chi connectivity index (χ0v) is 15.4. The van der Waals surface area contributed by atoms with Crippen molar-refractivity contribution in [3.8, 4) is 11.6 Å². The van der Waals surface area contributed by atoms with Gasteiger partial charge in [-0.3, -0.25) is 4.90 Å². The van der Waals surface area contributed by atoms with Crippen LogP contribution >= 0.6 is 0 Å². The van der Waals surface area contributed by atoms with E-state index in [9.17, 15) is 0 Å². The molecule has 1 fully saturated rings. The normalized spacial score (nSPS) is 15.2. The fourth-order valence-corrected chi connectivity index (χ4v) is 2.79. The summed E-state index contributed by atoms with van der Waals surface area (Å²) in [6.45, 7) is 9.50. The van der Waals surface area contributed by atoms with Gasteiger partial charge in [-0.1, -0.05) is 26.0 Å². The van der Waals surface area contributed by atoms with Crippen molar-refractivity contribution >= 4 is 11.5 Å². The molecule has 3 rings (SSSR count). The first-order valence-electron chi connectivity index (χ1n) is 9.05. The highest BCUT2D eigenvalue weighted by Gasteiger charge is 2.12. The molecule has 140 valence electrons. The molecule has 7 nitrogen and oxygen atoms in total. The van der Waals surface area contributed by atoms with Crippen LogP contribution in [0.25, 0.3) is 0 Å². The fraction of sp³-hybridized carbons (Fsp3) is 0.474. The molecule has 0 radical (unpaired) electrons. The van der Waals surface area contributed by atoms with Crippen LogP contribution < -0.4 is 15.8 Å². The number of anilines is 2. The molecule has 26 heavy (non-hydrogen) atoms. The Balaban J connectivity index is 1.59. The third-order valence-corrected chi connectivity index (χ3v) is 4.43. The summed E-state index contributed by atoms with van der Waals surface area (Å²) in [5, 5.41) is 3.27. The van der Waals surface area contributed by atoms with E-state index in [-0.39, 0.29) is 0 Å². The second-order valence-corrected chi connectivity index (χ2v) is 6.65. The van der Waals surface area contributed by atoms with Gasteiger partial charge < -0.3 is 20.5 Å². The first-order valence-corrected chi connectivity index (χ1v) is 9.05. The van der Waals surface area contributed by atoms with Crippen molar-refractivity contribution in [2.24, 2.45) is 0 Å². The predicted molar refractivity (Wildman–Crippen MR) is 103 cm³/mol. The van der Waals surface area contributed by atoms with Crippen LogP contribution in [0, 0.1) is 0 Å². The van der Waals surface area contributed by atoms with E-state index in [0.717, 1.165) is 39.4 Å². The third-order valence-electron chi connectivity index (χ3n) is 4.43. The largest absolute Gasteiger partial charge is 0.437 e. The zero-order chi connectivity index (χ0) is 18.4. The molecule has 0 amide bonds. The third kappa shape index (κ3) is 4.83. The van der Waals surface area contributed by atoms with Gasteiger partial charge in [0.05, 0.1) is 13.2 Å². The van der Waals surface area contributed by atoms with Crippen molar-refractivity contribution in [3.63, 3.8) is 0 Å². The molecule has 0 saturated carbocycles. The van der Waals surface area contributed by atoms with E-state index in [1.165, 1.54) is 11.9 Å². The Labute approximate surface area is 154 Å². The van der Waals surface area contributed by atoms with Crippen molar-refractivity contribution in [1.29, 1.82) is 0 Å². The standard InChI is InChI=1S/C19H27N5O2/c1-14(2)15-3-5-16(6-4-15)26-19-17(20)18(22-13-23-19)21-7-8-24-9-11-25-12-10-24/h3-6,13-14H,7-12,20H2,1-2H3,(H,21,22,23). The summed E-state index contributed by atoms with van der Waals surface area (Å²) in [5.41, 5.74) is 7.86. The predicted octanol–water partition coefficient (Wildman–Crippen LogP) is 2.72. The second-order valence-electron chi connectivity index (χ2n) is 6.65. The van der Waals surface area contributed by atoms with Crippen molar-refractivity contribution in [3.05, 3.63) is 36.2 Å². The molecule has 3 N–H and O–H groups in total. The number of nitrogen functional groups attached to an aromatic ring is 1. The number of aromatic nitrogens is 2. The molecule has 0 bridgehead atoms. The molecule has 0 unspecified atom stereocenters. The number of hydrogen-bond acceptors (Lipinski definition) is 7. The number of ether oxygens (including phenoxy) is 2. The molecule has 2 heterocycles. The van der Waals surface area contributed by atoms with Gasteiger partial charge in [-0.05, 0) is 23.6 Å². The van der Waals surface area contributed by atoms with Crippen molar-refractivity contribution in [1.82, 2.24) is 14.9 Å². The Morgan fingerprint density at radius 3 is 2.62 bits per heavy atom. The van der Waals surface area contributed by atoms with E-state index in [4.69, 9.17) is 15.2 Å². The summed E-state index contributed by atoms with van der Waals surface area (Å²) >= 11 is 0. The highest BCUT2D eigenvalue weighted by molar-refractivity contribution is 5.66. The molecule has 1 aliphatic heterocycles. The zero-order valence-electron chi connectivity index (χ0n) is 15.4. The van der Waals surface area contributed by atoms with E-state index in [1.807, 2.05) is 12.1 Å². The van der Waals surface area contributed by atoms with Crippen molar-refractivity contribution in [2.45, 2.75) is 19.8 Å². The number of morpholine rings is 1. The Hall–Kier alpha value is -2.38. The molecule has 1 saturated heterocycles. The Morgan fingerprint density at radius 2 is 1.92 bits per heavy atom. The maximum absolute atomic E-state index is 6.18. The summed E-state index contributed by atoms with van der Waals surface area (Å²) in [6, 6.07) is 7.97. The molecule has 2 aromatic rings. The van der Waals surface area contributed by atoms with E-state index < -0.39 is 0 Å². The van der Waals surface area contributed by atoms with E-state index in [1.54, 1.807) is 0 Å². The molecule has 1 aliphatic rings. The first kappa shape index (κ1) is 18.4. The first-order chi connectivity index (χ1) is 12.6. The van der Waals surface area contributed by atoms with Crippen LogP contribution in [-0.4, -0.2) is 54.3 Å². The van der Waals surface area contributed by atoms with Gasteiger partial charge >= 0.3 is 0 Å². The average Bonchev–Trinajstić information content (AvgIpc) is 2.66. The fourth-order valence-electron chi connectivity index (χ4n) is 2.79. The molecule has 1 aromatic heterocycles. The minimum Gasteiger partial charge on any atom is -0.437 e. The van der Waals surface area contributed by atoms with Crippen molar-refractivity contribution in [2.75, 3.05) is 50.4 Å². The van der Waals surface area contributed by atoms with E-state index in [2.05, 4.69) is 46.2 Å². The number of rotatable bonds is 7. The van der Waals surface area contributed by atoms with Gasteiger partial charge in [0.25, 0.3) is 0 Å². The van der Waals surface area contributed by atoms with Crippen LogP contribution in [0.15, 0.2) is 30.6 Å².